The first-order valence-corrected chi connectivity index (χ1v) is 12.3. The van der Waals surface area contributed by atoms with E-state index in [9.17, 15) is 19.2 Å². The first-order chi connectivity index (χ1) is 15.8. The van der Waals surface area contributed by atoms with Gasteiger partial charge in [-0.25, -0.2) is 0 Å². The lowest BCUT2D eigenvalue weighted by molar-refractivity contribution is -0.139. The Bertz CT molecular complexity index is 991. The predicted octanol–water partition coefficient (Wildman–Crippen LogP) is 5.13. The second-order valence-electron chi connectivity index (χ2n) is 10.8. The third kappa shape index (κ3) is 6.88. The average molecular weight is 466 g/mol. The van der Waals surface area contributed by atoms with Crippen molar-refractivity contribution < 1.29 is 19.2 Å². The van der Waals surface area contributed by atoms with Crippen molar-refractivity contribution in [3.05, 3.63) is 34.4 Å². The Labute approximate surface area is 204 Å². The molecule has 5 nitrogen and oxygen atoms in total. The lowest BCUT2D eigenvalue weighted by Crippen LogP contribution is -2.44. The van der Waals surface area contributed by atoms with Gasteiger partial charge in [0.05, 0.1) is 0 Å². The predicted molar refractivity (Wildman–Crippen MR) is 135 cm³/mol. The van der Waals surface area contributed by atoms with Crippen molar-refractivity contribution in [1.29, 1.82) is 0 Å². The van der Waals surface area contributed by atoms with E-state index in [0.717, 1.165) is 35.1 Å². The molecule has 0 heterocycles. The molecule has 0 saturated heterocycles. The van der Waals surface area contributed by atoms with Crippen LogP contribution in [0.25, 0.3) is 0 Å². The van der Waals surface area contributed by atoms with Gasteiger partial charge >= 0.3 is 0 Å². The van der Waals surface area contributed by atoms with Crippen LogP contribution in [0.15, 0.2) is 12.1 Å². The fourth-order valence-electron chi connectivity index (χ4n) is 5.31. The van der Waals surface area contributed by atoms with Crippen molar-refractivity contribution in [2.45, 2.75) is 105 Å². The molecule has 1 amide bonds. The molecular weight excluding hydrogens is 426 g/mol. The number of nitrogens with one attached hydrogen (secondary N) is 1. The molecule has 2 rings (SSSR count). The summed E-state index contributed by atoms with van der Waals surface area (Å²) in [5.41, 5.74) is 2.64. The molecule has 1 N–H and O–H groups in total. The summed E-state index contributed by atoms with van der Waals surface area (Å²) in [6.45, 7) is 13.2. The molecule has 0 aliphatic heterocycles. The van der Waals surface area contributed by atoms with Crippen molar-refractivity contribution in [2.75, 3.05) is 0 Å². The van der Waals surface area contributed by atoms with Crippen LogP contribution in [0.4, 0.5) is 0 Å². The van der Waals surface area contributed by atoms with E-state index in [-0.39, 0.29) is 18.0 Å². The van der Waals surface area contributed by atoms with Crippen LogP contribution in [0.5, 0.6) is 0 Å². The van der Waals surface area contributed by atoms with Gasteiger partial charge in [-0.15, -0.1) is 5.92 Å². The number of carbonyl (C=O) groups is 4. The van der Waals surface area contributed by atoms with E-state index in [1.807, 2.05) is 53.7 Å². The van der Waals surface area contributed by atoms with Gasteiger partial charge in [-0.3, -0.25) is 19.2 Å². The summed E-state index contributed by atoms with van der Waals surface area (Å²) >= 11 is 0. The Kier molecular flexibility index (Phi) is 9.00. The fourth-order valence-corrected chi connectivity index (χ4v) is 5.31. The molecule has 0 bridgehead atoms. The number of hydrogen-bond acceptors (Lipinski definition) is 4. The Morgan fingerprint density at radius 1 is 1.06 bits per heavy atom. The number of aryl methyl sites for hydroxylation is 2. The minimum Gasteiger partial charge on any atom is -0.345 e. The SMILES string of the molecule is CC#Cc1cc(C)c(C2C(=O)CC(CCC)(CCCC(=O)C(=O)NC(C)(C)C)CC2=O)c(C)c1. The fraction of sp³-hybridized carbons (Fsp3) is 0.586. The summed E-state index contributed by atoms with van der Waals surface area (Å²) in [6, 6.07) is 3.89. The van der Waals surface area contributed by atoms with Crippen LogP contribution in [0.1, 0.15) is 108 Å². The van der Waals surface area contributed by atoms with E-state index in [2.05, 4.69) is 17.2 Å². The summed E-state index contributed by atoms with van der Waals surface area (Å²) in [5, 5.41) is 2.70. The molecule has 0 unspecified atom stereocenters. The smallest absolute Gasteiger partial charge is 0.287 e. The largest absolute Gasteiger partial charge is 0.345 e. The summed E-state index contributed by atoms with van der Waals surface area (Å²) in [5.74, 6) is 4.11. The van der Waals surface area contributed by atoms with Crippen LogP contribution in [0.2, 0.25) is 0 Å². The molecule has 1 aliphatic rings. The highest BCUT2D eigenvalue weighted by molar-refractivity contribution is 6.36. The molecule has 1 aromatic rings. The van der Waals surface area contributed by atoms with Gasteiger partial charge < -0.3 is 5.32 Å². The standard InChI is InChI=1S/C29H39NO4/c1-8-11-21-15-19(3)25(20(4)16-21)26-23(32)17-29(13-9-2,18-24(26)33)14-10-12-22(31)27(34)30-28(5,6)7/h15-16,26H,9-10,12-14,17-18H2,1-7H3,(H,30,34). The van der Waals surface area contributed by atoms with Crippen molar-refractivity contribution in [3.63, 3.8) is 0 Å². The van der Waals surface area contributed by atoms with E-state index in [1.165, 1.54) is 0 Å². The zero-order valence-electron chi connectivity index (χ0n) is 21.8. The highest BCUT2D eigenvalue weighted by Gasteiger charge is 2.45. The monoisotopic (exact) mass is 465 g/mol. The Morgan fingerprint density at radius 3 is 2.09 bits per heavy atom. The molecule has 1 aromatic carbocycles. The van der Waals surface area contributed by atoms with Crippen molar-refractivity contribution in [3.8, 4) is 11.8 Å². The normalized spacial score (nSPS) is 20.5. The maximum absolute atomic E-state index is 13.4. The van der Waals surface area contributed by atoms with Gasteiger partial charge in [0, 0.05) is 30.4 Å². The van der Waals surface area contributed by atoms with Crippen LogP contribution in [-0.4, -0.2) is 28.8 Å². The van der Waals surface area contributed by atoms with Crippen LogP contribution < -0.4 is 5.32 Å². The van der Waals surface area contributed by atoms with Gasteiger partial charge in [0.25, 0.3) is 5.91 Å². The van der Waals surface area contributed by atoms with Crippen molar-refractivity contribution >= 4 is 23.3 Å². The van der Waals surface area contributed by atoms with Gasteiger partial charge in [0.15, 0.2) is 0 Å². The van der Waals surface area contributed by atoms with E-state index in [1.54, 1.807) is 6.92 Å². The first kappa shape index (κ1) is 27.5. The second-order valence-corrected chi connectivity index (χ2v) is 10.8. The number of Topliss-reactive ketones (excluding diaryl/α,β-unsaturated/α-hetero) is 3. The number of hydrogen-bond donors (Lipinski definition) is 1. The van der Waals surface area contributed by atoms with Crippen LogP contribution in [0.3, 0.4) is 0 Å². The van der Waals surface area contributed by atoms with Gasteiger partial charge in [-0.2, -0.15) is 0 Å². The summed E-state index contributed by atoms with van der Waals surface area (Å²) in [7, 11) is 0. The molecule has 5 heteroatoms. The molecule has 1 aliphatic carbocycles. The third-order valence-corrected chi connectivity index (χ3v) is 6.53. The van der Waals surface area contributed by atoms with Crippen LogP contribution in [0, 0.1) is 31.1 Å². The molecule has 0 spiro atoms. The number of ketones is 3. The first-order valence-electron chi connectivity index (χ1n) is 12.3. The van der Waals surface area contributed by atoms with E-state index < -0.39 is 28.6 Å². The molecule has 1 fully saturated rings. The van der Waals surface area contributed by atoms with Gasteiger partial charge in [0.2, 0.25) is 5.78 Å². The zero-order valence-corrected chi connectivity index (χ0v) is 21.8. The summed E-state index contributed by atoms with van der Waals surface area (Å²) < 4.78 is 0. The minimum atomic E-state index is -0.729. The molecule has 1 saturated carbocycles. The Balaban J connectivity index is 2.17. The minimum absolute atomic E-state index is 0.0398. The highest BCUT2D eigenvalue weighted by Crippen LogP contribution is 2.46. The average Bonchev–Trinajstić information content (AvgIpc) is 2.68. The Morgan fingerprint density at radius 2 is 1.62 bits per heavy atom. The van der Waals surface area contributed by atoms with Crippen molar-refractivity contribution in [2.24, 2.45) is 5.41 Å². The van der Waals surface area contributed by atoms with Crippen LogP contribution in [-0.2, 0) is 19.2 Å². The highest BCUT2D eigenvalue weighted by atomic mass is 16.2. The number of amides is 1. The molecule has 34 heavy (non-hydrogen) atoms. The molecular formula is C29H39NO4. The lowest BCUT2D eigenvalue weighted by atomic mass is 9.63. The van der Waals surface area contributed by atoms with Gasteiger partial charge in [0.1, 0.15) is 17.5 Å². The number of benzene rings is 1. The van der Waals surface area contributed by atoms with Gasteiger partial charge in [-0.05, 0) is 95.0 Å². The zero-order chi connectivity index (χ0) is 25.7. The molecule has 0 radical (unpaired) electrons. The topological polar surface area (TPSA) is 80.3 Å². The quantitative estimate of drug-likeness (QED) is 0.328. The molecule has 0 atom stereocenters. The van der Waals surface area contributed by atoms with E-state index in [0.29, 0.717) is 25.7 Å². The maximum Gasteiger partial charge on any atom is 0.287 e. The van der Waals surface area contributed by atoms with Crippen molar-refractivity contribution in [1.82, 2.24) is 5.32 Å². The second kappa shape index (κ2) is 11.1. The van der Waals surface area contributed by atoms with E-state index in [4.69, 9.17) is 0 Å². The van der Waals surface area contributed by atoms with Crippen LogP contribution >= 0.6 is 0 Å². The lowest BCUT2D eigenvalue weighted by Gasteiger charge is -2.39. The third-order valence-electron chi connectivity index (χ3n) is 6.53. The maximum atomic E-state index is 13.4. The number of rotatable bonds is 8. The van der Waals surface area contributed by atoms with Gasteiger partial charge in [-0.1, -0.05) is 19.3 Å². The summed E-state index contributed by atoms with van der Waals surface area (Å²) in [4.78, 5) is 51.2. The molecule has 184 valence electrons. The summed E-state index contributed by atoms with van der Waals surface area (Å²) in [6.07, 6.45) is 3.46. The Hall–Kier alpha value is -2.74. The molecule has 0 aromatic heterocycles. The number of carbonyl (C=O) groups excluding carboxylic acids is 4. The van der Waals surface area contributed by atoms with E-state index >= 15 is 0 Å².